The van der Waals surface area contributed by atoms with E-state index in [1.54, 1.807) is 41.3 Å². The third kappa shape index (κ3) is 7.75. The average Bonchev–Trinajstić information content (AvgIpc) is 3.69. The Balaban J connectivity index is 1.06. The van der Waals surface area contributed by atoms with Gasteiger partial charge in [0.1, 0.15) is 22.4 Å². The number of aromatic amines is 1. The van der Waals surface area contributed by atoms with Crippen molar-refractivity contribution in [2.45, 2.75) is 33.2 Å². The molecule has 1 saturated heterocycles. The van der Waals surface area contributed by atoms with Crippen molar-refractivity contribution in [2.24, 2.45) is 11.8 Å². The molecule has 1 N–H and O–H groups in total. The topological polar surface area (TPSA) is 132 Å². The van der Waals surface area contributed by atoms with Crippen LogP contribution in [0.2, 0.25) is 5.15 Å². The molecule has 14 heteroatoms. The zero-order valence-corrected chi connectivity index (χ0v) is 28.2. The van der Waals surface area contributed by atoms with Crippen LogP contribution < -0.4 is 4.31 Å². The number of nitrogens with zero attached hydrogens (tertiary/aromatic N) is 6. The lowest BCUT2D eigenvalue weighted by molar-refractivity contribution is 0.0454. The molecule has 0 amide bonds. The Morgan fingerprint density at radius 3 is 2.67 bits per heavy atom. The number of ether oxygens (including phenoxy) is 1. The highest BCUT2D eigenvalue weighted by Crippen LogP contribution is 2.33. The van der Waals surface area contributed by atoms with Crippen LogP contribution in [0.5, 0.6) is 0 Å². The van der Waals surface area contributed by atoms with Gasteiger partial charge in [-0.3, -0.25) is 8.89 Å². The van der Waals surface area contributed by atoms with Crippen molar-refractivity contribution in [3.8, 4) is 22.4 Å². The summed E-state index contributed by atoms with van der Waals surface area (Å²) < 4.78 is 47.1. The van der Waals surface area contributed by atoms with E-state index in [0.717, 1.165) is 37.1 Å². The van der Waals surface area contributed by atoms with Crippen molar-refractivity contribution in [2.75, 3.05) is 37.1 Å². The zero-order chi connectivity index (χ0) is 33.8. The molecule has 1 aliphatic heterocycles. The van der Waals surface area contributed by atoms with Gasteiger partial charge in [-0.25, -0.2) is 14.2 Å². The summed E-state index contributed by atoms with van der Waals surface area (Å²) in [6, 6.07) is 15.2. The fourth-order valence-electron chi connectivity index (χ4n) is 5.99. The second kappa shape index (κ2) is 14.9. The molecule has 48 heavy (non-hydrogen) atoms. The molecule has 0 bridgehead atoms. The highest BCUT2D eigenvalue weighted by molar-refractivity contribution is 7.80. The molecular weight excluding hydrogens is 657 g/mol. The van der Waals surface area contributed by atoms with E-state index in [9.17, 15) is 17.9 Å². The number of carbonyl (C=O) groups excluding carboxylic acids is 1. The van der Waals surface area contributed by atoms with Crippen molar-refractivity contribution in [1.82, 2.24) is 29.9 Å². The second-order valence-corrected chi connectivity index (χ2v) is 13.6. The van der Waals surface area contributed by atoms with Crippen LogP contribution in [-0.4, -0.2) is 77.4 Å². The second-order valence-electron chi connectivity index (χ2n) is 12.4. The molecular formula is C34H36ClFN7O4S-. The number of esters is 1. The number of halogens is 2. The number of anilines is 1. The molecule has 1 unspecified atom stereocenters. The van der Waals surface area contributed by atoms with Crippen LogP contribution in [-0.2, 0) is 22.5 Å². The van der Waals surface area contributed by atoms with Crippen molar-refractivity contribution < 1.29 is 22.7 Å². The van der Waals surface area contributed by atoms with Crippen molar-refractivity contribution in [3.63, 3.8) is 0 Å². The van der Waals surface area contributed by atoms with E-state index in [2.05, 4.69) is 25.2 Å². The zero-order valence-electron chi connectivity index (χ0n) is 26.6. The molecule has 2 aromatic carbocycles. The largest absolute Gasteiger partial charge is 0.755 e. The Morgan fingerprint density at radius 1 is 1.19 bits per heavy atom. The first-order valence-electron chi connectivity index (χ1n) is 15.9. The number of piperidine rings is 1. The van der Waals surface area contributed by atoms with Crippen LogP contribution in [0.25, 0.3) is 33.3 Å². The minimum atomic E-state index is -2.43. The minimum Gasteiger partial charge on any atom is -0.755 e. The Hall–Kier alpha value is -4.17. The number of H-pyrrole nitrogens is 1. The van der Waals surface area contributed by atoms with Crippen LogP contribution in [0.3, 0.4) is 0 Å². The van der Waals surface area contributed by atoms with Gasteiger partial charge in [0.15, 0.2) is 0 Å². The highest BCUT2D eigenvalue weighted by Gasteiger charge is 2.25. The summed E-state index contributed by atoms with van der Waals surface area (Å²) in [4.78, 5) is 22.5. The Morgan fingerprint density at radius 2 is 1.96 bits per heavy atom. The van der Waals surface area contributed by atoms with Crippen LogP contribution in [0.1, 0.15) is 37.2 Å². The number of rotatable bonds is 12. The molecule has 252 valence electrons. The monoisotopic (exact) mass is 692 g/mol. The minimum absolute atomic E-state index is 0.164. The number of likely N-dealkylation sites (tertiary alicyclic amines) is 1. The number of aromatic nitrogens is 5. The van der Waals surface area contributed by atoms with Gasteiger partial charge in [0.05, 0.1) is 12.8 Å². The summed E-state index contributed by atoms with van der Waals surface area (Å²) in [5.41, 5.74) is 3.98. The average molecular weight is 693 g/mol. The summed E-state index contributed by atoms with van der Waals surface area (Å²) in [6.07, 6.45) is 5.22. The molecule has 4 heterocycles. The van der Waals surface area contributed by atoms with E-state index in [1.165, 1.54) is 16.4 Å². The smallest absolute Gasteiger partial charge is 0.355 e. The first kappa shape index (κ1) is 33.7. The van der Waals surface area contributed by atoms with E-state index in [1.807, 2.05) is 32.0 Å². The maximum absolute atomic E-state index is 14.2. The number of hydrogen-bond acceptors (Lipinski definition) is 8. The predicted octanol–water partition coefficient (Wildman–Crippen LogP) is 6.11. The quantitative estimate of drug-likeness (QED) is 0.0942. The van der Waals surface area contributed by atoms with E-state index < -0.39 is 23.1 Å². The van der Waals surface area contributed by atoms with Gasteiger partial charge in [0, 0.05) is 64.8 Å². The molecule has 0 aliphatic carbocycles. The summed E-state index contributed by atoms with van der Waals surface area (Å²) in [5, 5.41) is 9.62. The van der Waals surface area contributed by atoms with Crippen molar-refractivity contribution in [3.05, 3.63) is 83.7 Å². The fourth-order valence-corrected chi connectivity index (χ4v) is 6.74. The van der Waals surface area contributed by atoms with Gasteiger partial charge in [-0.1, -0.05) is 42.8 Å². The first-order valence-corrected chi connectivity index (χ1v) is 17.3. The van der Waals surface area contributed by atoms with Gasteiger partial charge in [0.25, 0.3) is 0 Å². The highest BCUT2D eigenvalue weighted by atomic mass is 35.5. The number of carbonyl (C=O) groups is 1. The van der Waals surface area contributed by atoms with Gasteiger partial charge in [-0.15, -0.1) is 5.10 Å². The number of nitrogens with one attached hydrogen (secondary N) is 1. The van der Waals surface area contributed by atoms with E-state index in [-0.39, 0.29) is 18.2 Å². The number of pyridine rings is 1. The fraction of sp³-hybridized carbons (Fsp3) is 0.353. The number of benzene rings is 2. The lowest BCUT2D eigenvalue weighted by Crippen LogP contribution is -2.41. The molecule has 1 atom stereocenters. The van der Waals surface area contributed by atoms with Crippen molar-refractivity contribution >= 4 is 45.4 Å². The molecule has 0 saturated carbocycles. The van der Waals surface area contributed by atoms with Gasteiger partial charge in [0.2, 0.25) is 0 Å². The maximum Gasteiger partial charge on any atom is 0.355 e. The molecule has 11 nitrogen and oxygen atoms in total. The molecule has 1 fully saturated rings. The standard InChI is InChI=1S/C34H37ClFN7O4S/c1-22(2)21-47-34(44)32-31(28-18-25(36)7-10-29(28)38-32)30-20-42(40-39-30)19-23-11-14-41(15-12-23)16-17-43(48(45)46)26-8-5-24(6-9-26)27-4-3-13-37-33(27)35/h3-10,13,18,20,22-23,38H,11-12,14-17,19,21H2,1-2H3,(H,45,46)/p-1. The molecule has 5 aromatic rings. The molecule has 0 spiro atoms. The third-order valence-corrected chi connectivity index (χ3v) is 9.54. The summed E-state index contributed by atoms with van der Waals surface area (Å²) >= 11 is 3.79. The van der Waals surface area contributed by atoms with Crippen molar-refractivity contribution in [1.29, 1.82) is 0 Å². The lowest BCUT2D eigenvalue weighted by Gasteiger charge is -2.34. The van der Waals surface area contributed by atoms with Gasteiger partial charge < -0.3 is 23.5 Å². The Labute approximate surface area is 285 Å². The van der Waals surface area contributed by atoms with Gasteiger partial charge in [-0.05, 0) is 85.8 Å². The summed E-state index contributed by atoms with van der Waals surface area (Å²) in [6.45, 7) is 7.36. The van der Waals surface area contributed by atoms with Crippen LogP contribution in [0.4, 0.5) is 10.1 Å². The molecule has 1 aliphatic rings. The van der Waals surface area contributed by atoms with Crippen LogP contribution in [0, 0.1) is 17.7 Å². The SMILES string of the molecule is CC(C)COC(=O)c1[nH]c2ccc(F)cc2c1-c1cn(CC2CCN(CCN(c3ccc(-c4cccnc4Cl)cc3)S(=O)[O-])CC2)nn1. The number of fused-ring (bicyclic) bond motifs is 1. The lowest BCUT2D eigenvalue weighted by atomic mass is 9.97. The van der Waals surface area contributed by atoms with Gasteiger partial charge in [-0.2, -0.15) is 0 Å². The molecule has 6 rings (SSSR count). The third-order valence-electron chi connectivity index (χ3n) is 8.48. The normalized spacial score (nSPS) is 14.9. The summed E-state index contributed by atoms with van der Waals surface area (Å²) in [7, 11) is 0. The van der Waals surface area contributed by atoms with Crippen LogP contribution in [0.15, 0.2) is 67.0 Å². The molecule has 0 radical (unpaired) electrons. The maximum atomic E-state index is 14.2. The first-order chi connectivity index (χ1) is 23.2. The Bertz CT molecular complexity index is 1910. The predicted molar refractivity (Wildman–Crippen MR) is 183 cm³/mol. The Kier molecular flexibility index (Phi) is 10.5. The summed E-state index contributed by atoms with van der Waals surface area (Å²) in [5.74, 6) is -0.443. The van der Waals surface area contributed by atoms with E-state index >= 15 is 0 Å². The van der Waals surface area contributed by atoms with E-state index in [4.69, 9.17) is 16.3 Å². The van der Waals surface area contributed by atoms with E-state index in [0.29, 0.717) is 58.6 Å². The molecule has 3 aromatic heterocycles. The van der Waals surface area contributed by atoms with Crippen LogP contribution >= 0.6 is 11.6 Å². The number of hydrogen-bond donors (Lipinski definition) is 1. The van der Waals surface area contributed by atoms with Gasteiger partial charge >= 0.3 is 5.97 Å².